The third kappa shape index (κ3) is 2.32. The predicted molar refractivity (Wildman–Crippen MR) is 59.9 cm³/mol. The minimum Gasteiger partial charge on any atom is -0.258 e. The molecular weight excluding hydrogens is 246 g/mol. The highest BCUT2D eigenvalue weighted by atomic mass is 79.9. The second-order valence-electron chi connectivity index (χ2n) is 3.82. The second kappa shape index (κ2) is 4.09. The van der Waals surface area contributed by atoms with Gasteiger partial charge in [-0.05, 0) is 11.0 Å². The molecule has 0 saturated heterocycles. The lowest BCUT2D eigenvalue weighted by molar-refractivity contribution is -0.385. The van der Waals surface area contributed by atoms with Crippen molar-refractivity contribution in [1.82, 2.24) is 0 Å². The Hall–Kier alpha value is -0.900. The van der Waals surface area contributed by atoms with Gasteiger partial charge in [-0.1, -0.05) is 41.9 Å². The van der Waals surface area contributed by atoms with Crippen LogP contribution in [-0.4, -0.2) is 10.3 Å². The van der Waals surface area contributed by atoms with Crippen molar-refractivity contribution < 1.29 is 4.92 Å². The Labute approximate surface area is 91.4 Å². The van der Waals surface area contributed by atoms with Crippen LogP contribution in [0.25, 0.3) is 0 Å². The minimum absolute atomic E-state index is 0.0774. The first-order chi connectivity index (χ1) is 6.47. The number of nitrogens with zero attached hydrogens (tertiary/aromatic N) is 1. The Morgan fingerprint density at radius 1 is 1.50 bits per heavy atom. The van der Waals surface area contributed by atoms with E-state index in [1.807, 2.05) is 19.9 Å². The van der Waals surface area contributed by atoms with Gasteiger partial charge in [-0.2, -0.15) is 0 Å². The third-order valence-electron chi connectivity index (χ3n) is 2.17. The number of rotatable bonds is 3. The molecule has 4 heteroatoms. The van der Waals surface area contributed by atoms with E-state index in [1.165, 1.54) is 6.07 Å². The highest BCUT2D eigenvalue weighted by molar-refractivity contribution is 9.09. The summed E-state index contributed by atoms with van der Waals surface area (Å²) in [7, 11) is 0. The molecule has 76 valence electrons. The Morgan fingerprint density at radius 3 is 2.64 bits per heavy atom. The van der Waals surface area contributed by atoms with Gasteiger partial charge >= 0.3 is 0 Å². The molecule has 0 amide bonds. The van der Waals surface area contributed by atoms with Crippen molar-refractivity contribution in [1.29, 1.82) is 0 Å². The van der Waals surface area contributed by atoms with Crippen LogP contribution in [0.3, 0.4) is 0 Å². The van der Waals surface area contributed by atoms with Crippen LogP contribution in [0.5, 0.6) is 0 Å². The molecule has 1 rings (SSSR count). The number of alkyl halides is 1. The molecule has 0 heterocycles. The van der Waals surface area contributed by atoms with Crippen LogP contribution in [0, 0.1) is 10.1 Å². The summed E-state index contributed by atoms with van der Waals surface area (Å²) >= 11 is 3.40. The van der Waals surface area contributed by atoms with Crippen LogP contribution < -0.4 is 0 Å². The number of hydrogen-bond acceptors (Lipinski definition) is 2. The first kappa shape index (κ1) is 11.2. The normalized spacial score (nSPS) is 11.4. The summed E-state index contributed by atoms with van der Waals surface area (Å²) in [5.41, 5.74) is 1.05. The zero-order chi connectivity index (χ0) is 10.8. The second-order valence-corrected chi connectivity index (χ2v) is 4.39. The highest BCUT2D eigenvalue weighted by Crippen LogP contribution is 2.27. The minimum atomic E-state index is -0.367. The van der Waals surface area contributed by atoms with Crippen LogP contribution in [0.1, 0.15) is 19.4 Å². The fraction of sp³-hybridized carbons (Fsp3) is 0.400. The molecule has 0 aliphatic carbocycles. The monoisotopic (exact) mass is 257 g/mol. The molecule has 0 radical (unpaired) electrons. The van der Waals surface area contributed by atoms with E-state index in [2.05, 4.69) is 15.9 Å². The van der Waals surface area contributed by atoms with Gasteiger partial charge in [0, 0.05) is 17.5 Å². The largest absolute Gasteiger partial charge is 0.269 e. The van der Waals surface area contributed by atoms with Crippen LogP contribution >= 0.6 is 15.9 Å². The first-order valence-corrected chi connectivity index (χ1v) is 5.40. The third-order valence-corrected chi connectivity index (χ3v) is 3.57. The fourth-order valence-electron chi connectivity index (χ4n) is 1.12. The summed E-state index contributed by atoms with van der Waals surface area (Å²) in [4.78, 5) is 10.2. The molecule has 0 aliphatic heterocycles. The van der Waals surface area contributed by atoms with E-state index in [4.69, 9.17) is 0 Å². The number of halogens is 1. The SMILES string of the molecule is CC(C)(CBr)c1cccc([N+](=O)[O-])c1. The molecule has 1 aromatic carbocycles. The number of non-ortho nitro benzene ring substituents is 1. The van der Waals surface area contributed by atoms with Crippen molar-refractivity contribution in [2.75, 3.05) is 5.33 Å². The van der Waals surface area contributed by atoms with Crippen LogP contribution in [0.15, 0.2) is 24.3 Å². The molecule has 0 spiro atoms. The van der Waals surface area contributed by atoms with Crippen LogP contribution in [0.2, 0.25) is 0 Å². The lowest BCUT2D eigenvalue weighted by Crippen LogP contribution is -2.18. The van der Waals surface area contributed by atoms with Crippen molar-refractivity contribution in [3.8, 4) is 0 Å². The van der Waals surface area contributed by atoms with Gasteiger partial charge in [-0.15, -0.1) is 0 Å². The smallest absolute Gasteiger partial charge is 0.258 e. The van der Waals surface area contributed by atoms with Gasteiger partial charge in [0.15, 0.2) is 0 Å². The maximum Gasteiger partial charge on any atom is 0.269 e. The Kier molecular flexibility index (Phi) is 3.26. The van der Waals surface area contributed by atoms with Gasteiger partial charge < -0.3 is 0 Å². The standard InChI is InChI=1S/C10H12BrNO2/c1-10(2,7-11)8-4-3-5-9(6-8)12(13)14/h3-6H,7H2,1-2H3. The van der Waals surface area contributed by atoms with E-state index in [0.29, 0.717) is 0 Å². The Balaban J connectivity index is 3.12. The molecule has 0 N–H and O–H groups in total. The van der Waals surface area contributed by atoms with E-state index in [1.54, 1.807) is 12.1 Å². The molecule has 0 bridgehead atoms. The molecule has 0 aromatic heterocycles. The quantitative estimate of drug-likeness (QED) is 0.474. The molecule has 0 aliphatic rings. The summed E-state index contributed by atoms with van der Waals surface area (Å²) in [6, 6.07) is 6.77. The van der Waals surface area contributed by atoms with E-state index >= 15 is 0 Å². The first-order valence-electron chi connectivity index (χ1n) is 4.28. The zero-order valence-corrected chi connectivity index (χ0v) is 9.74. The molecular formula is C10H12BrNO2. The number of benzene rings is 1. The topological polar surface area (TPSA) is 43.1 Å². The summed E-state index contributed by atoms with van der Waals surface area (Å²) < 4.78 is 0. The van der Waals surface area contributed by atoms with Gasteiger partial charge in [0.2, 0.25) is 0 Å². The summed E-state index contributed by atoms with van der Waals surface area (Å²) in [5, 5.41) is 11.3. The van der Waals surface area contributed by atoms with Gasteiger partial charge in [0.05, 0.1) is 4.92 Å². The van der Waals surface area contributed by atoms with Gasteiger partial charge in [-0.25, -0.2) is 0 Å². The van der Waals surface area contributed by atoms with E-state index in [9.17, 15) is 10.1 Å². The van der Waals surface area contributed by atoms with Crippen molar-refractivity contribution in [2.24, 2.45) is 0 Å². The zero-order valence-electron chi connectivity index (χ0n) is 8.16. The molecule has 0 saturated carbocycles. The Morgan fingerprint density at radius 2 is 2.14 bits per heavy atom. The number of nitro groups is 1. The summed E-state index contributed by atoms with van der Waals surface area (Å²) in [5.74, 6) is 0. The molecule has 0 atom stereocenters. The van der Waals surface area contributed by atoms with Crippen molar-refractivity contribution >= 4 is 21.6 Å². The van der Waals surface area contributed by atoms with E-state index in [-0.39, 0.29) is 16.0 Å². The van der Waals surface area contributed by atoms with Gasteiger partial charge in [0.1, 0.15) is 0 Å². The van der Waals surface area contributed by atoms with Crippen molar-refractivity contribution in [2.45, 2.75) is 19.3 Å². The van der Waals surface area contributed by atoms with Crippen molar-refractivity contribution in [3.05, 3.63) is 39.9 Å². The van der Waals surface area contributed by atoms with Gasteiger partial charge in [-0.3, -0.25) is 10.1 Å². The van der Waals surface area contributed by atoms with E-state index < -0.39 is 0 Å². The lowest BCUT2D eigenvalue weighted by Gasteiger charge is -2.21. The Bertz CT molecular complexity index is 350. The highest BCUT2D eigenvalue weighted by Gasteiger charge is 2.20. The predicted octanol–water partition coefficient (Wildman–Crippen LogP) is 3.27. The van der Waals surface area contributed by atoms with E-state index in [0.717, 1.165) is 10.9 Å². The maximum atomic E-state index is 10.6. The summed E-state index contributed by atoms with van der Waals surface area (Å²) in [6.07, 6.45) is 0. The molecule has 1 aromatic rings. The maximum absolute atomic E-state index is 10.6. The molecule has 3 nitrogen and oxygen atoms in total. The van der Waals surface area contributed by atoms with Gasteiger partial charge in [0.25, 0.3) is 5.69 Å². The average molecular weight is 258 g/mol. The summed E-state index contributed by atoms with van der Waals surface area (Å²) in [6.45, 7) is 4.08. The fourth-order valence-corrected chi connectivity index (χ4v) is 1.44. The molecule has 14 heavy (non-hydrogen) atoms. The molecule has 0 fully saturated rings. The number of nitro benzene ring substituents is 1. The van der Waals surface area contributed by atoms with Crippen LogP contribution in [0.4, 0.5) is 5.69 Å². The average Bonchev–Trinajstić information content (AvgIpc) is 2.18. The van der Waals surface area contributed by atoms with Crippen LogP contribution in [-0.2, 0) is 5.41 Å². The lowest BCUT2D eigenvalue weighted by atomic mass is 9.87. The number of hydrogen-bond donors (Lipinski definition) is 0. The molecule has 0 unspecified atom stereocenters. The van der Waals surface area contributed by atoms with Crippen molar-refractivity contribution in [3.63, 3.8) is 0 Å².